The molecule has 1 aromatic heterocycles. The molecule has 4 heteroatoms. The van der Waals surface area contributed by atoms with Crippen LogP contribution in [0.4, 0.5) is 5.82 Å². The van der Waals surface area contributed by atoms with Crippen LogP contribution < -0.4 is 10.6 Å². The molecule has 2 heterocycles. The summed E-state index contributed by atoms with van der Waals surface area (Å²) in [5.41, 5.74) is 6.27. The molecule has 0 radical (unpaired) electrons. The van der Waals surface area contributed by atoms with Crippen LogP contribution in [0.15, 0.2) is 18.3 Å². The molecule has 0 amide bonds. The van der Waals surface area contributed by atoms with Gasteiger partial charge in [-0.1, -0.05) is 13.8 Å². The molecule has 1 unspecified atom stereocenters. The normalized spacial score (nSPS) is 19.9. The highest BCUT2D eigenvalue weighted by Crippen LogP contribution is 2.28. The van der Waals surface area contributed by atoms with Crippen LogP contribution in [-0.2, 0) is 0 Å². The van der Waals surface area contributed by atoms with Crippen molar-refractivity contribution < 1.29 is 0 Å². The highest BCUT2D eigenvalue weighted by atomic mass is 15.2. The van der Waals surface area contributed by atoms with Gasteiger partial charge in [-0.2, -0.15) is 0 Å². The van der Waals surface area contributed by atoms with Gasteiger partial charge in [-0.3, -0.25) is 5.41 Å². The number of rotatable bonds is 3. The quantitative estimate of drug-likeness (QED) is 0.618. The molecule has 0 bridgehead atoms. The molecule has 1 atom stereocenters. The van der Waals surface area contributed by atoms with E-state index in [1.807, 2.05) is 6.07 Å². The van der Waals surface area contributed by atoms with E-state index < -0.39 is 0 Å². The van der Waals surface area contributed by atoms with Crippen LogP contribution in [0.5, 0.6) is 0 Å². The highest BCUT2D eigenvalue weighted by molar-refractivity contribution is 5.95. The van der Waals surface area contributed by atoms with Crippen molar-refractivity contribution in [3.8, 4) is 0 Å². The third kappa shape index (κ3) is 2.40. The summed E-state index contributed by atoms with van der Waals surface area (Å²) >= 11 is 0. The molecule has 17 heavy (non-hydrogen) atoms. The Morgan fingerprint density at radius 1 is 1.59 bits per heavy atom. The zero-order valence-electron chi connectivity index (χ0n) is 10.5. The fourth-order valence-electron chi connectivity index (χ4n) is 2.51. The number of amidine groups is 1. The first kappa shape index (κ1) is 11.9. The fourth-order valence-corrected chi connectivity index (χ4v) is 2.51. The van der Waals surface area contributed by atoms with Crippen molar-refractivity contribution in [3.05, 3.63) is 23.9 Å². The second-order valence-corrected chi connectivity index (χ2v) is 4.96. The second kappa shape index (κ2) is 4.73. The second-order valence-electron chi connectivity index (χ2n) is 4.96. The van der Waals surface area contributed by atoms with Gasteiger partial charge < -0.3 is 10.6 Å². The summed E-state index contributed by atoms with van der Waals surface area (Å²) in [5, 5.41) is 7.47. The Balaban J connectivity index is 2.27. The Labute approximate surface area is 102 Å². The van der Waals surface area contributed by atoms with E-state index >= 15 is 0 Å². The number of aromatic nitrogens is 1. The van der Waals surface area contributed by atoms with Crippen LogP contribution in [0.2, 0.25) is 0 Å². The molecular weight excluding hydrogens is 212 g/mol. The van der Waals surface area contributed by atoms with Crippen molar-refractivity contribution in [3.63, 3.8) is 0 Å². The molecule has 2 rings (SSSR count). The number of nitrogen functional groups attached to an aromatic ring is 1. The third-order valence-electron chi connectivity index (χ3n) is 3.42. The first-order valence-corrected chi connectivity index (χ1v) is 6.16. The zero-order valence-corrected chi connectivity index (χ0v) is 10.5. The maximum atomic E-state index is 7.47. The van der Waals surface area contributed by atoms with E-state index in [0.717, 1.165) is 17.9 Å². The summed E-state index contributed by atoms with van der Waals surface area (Å²) in [6.45, 7) is 5.55. The van der Waals surface area contributed by atoms with E-state index in [4.69, 9.17) is 11.1 Å². The summed E-state index contributed by atoms with van der Waals surface area (Å²) in [7, 11) is 0. The number of anilines is 1. The Morgan fingerprint density at radius 3 is 3.00 bits per heavy atom. The van der Waals surface area contributed by atoms with Gasteiger partial charge in [-0.25, -0.2) is 4.98 Å². The molecule has 92 valence electrons. The van der Waals surface area contributed by atoms with Crippen LogP contribution in [-0.4, -0.2) is 23.4 Å². The molecular formula is C13H20N4. The highest BCUT2D eigenvalue weighted by Gasteiger charge is 2.28. The first-order chi connectivity index (χ1) is 8.09. The number of pyridine rings is 1. The van der Waals surface area contributed by atoms with Gasteiger partial charge in [0.15, 0.2) is 0 Å². The maximum absolute atomic E-state index is 7.47. The Bertz CT molecular complexity index is 414. The standard InChI is InChI=1S/C13H20N4/c1-9(2)11-4-3-7-17(11)12-8-10(13(14)15)5-6-16-12/h5-6,8-9,11H,3-4,7H2,1-2H3,(H3,14,15). The third-order valence-corrected chi connectivity index (χ3v) is 3.42. The largest absolute Gasteiger partial charge is 0.384 e. The Morgan fingerprint density at radius 2 is 2.35 bits per heavy atom. The van der Waals surface area contributed by atoms with E-state index in [1.54, 1.807) is 12.3 Å². The van der Waals surface area contributed by atoms with Gasteiger partial charge in [0, 0.05) is 24.3 Å². The van der Waals surface area contributed by atoms with Crippen molar-refractivity contribution in [2.24, 2.45) is 11.7 Å². The Kier molecular flexibility index (Phi) is 3.31. The number of hydrogen-bond donors (Lipinski definition) is 2. The molecule has 0 aliphatic carbocycles. The fraction of sp³-hybridized carbons (Fsp3) is 0.538. The van der Waals surface area contributed by atoms with Gasteiger partial charge in [-0.05, 0) is 30.9 Å². The SMILES string of the molecule is CC(C)C1CCCN1c1cc(C(=N)N)ccn1. The molecule has 3 N–H and O–H groups in total. The average Bonchev–Trinajstić information content (AvgIpc) is 2.78. The predicted molar refractivity (Wildman–Crippen MR) is 70.5 cm³/mol. The zero-order chi connectivity index (χ0) is 12.4. The lowest BCUT2D eigenvalue weighted by atomic mass is 10.0. The molecule has 1 aliphatic rings. The molecule has 4 nitrogen and oxygen atoms in total. The van der Waals surface area contributed by atoms with Crippen LogP contribution in [0, 0.1) is 11.3 Å². The molecule has 1 fully saturated rings. The van der Waals surface area contributed by atoms with Gasteiger partial charge in [0.1, 0.15) is 11.7 Å². The maximum Gasteiger partial charge on any atom is 0.129 e. The van der Waals surface area contributed by atoms with Crippen molar-refractivity contribution in [2.75, 3.05) is 11.4 Å². The van der Waals surface area contributed by atoms with Crippen molar-refractivity contribution in [1.29, 1.82) is 5.41 Å². The van der Waals surface area contributed by atoms with Gasteiger partial charge >= 0.3 is 0 Å². The summed E-state index contributed by atoms with van der Waals surface area (Å²) < 4.78 is 0. The minimum Gasteiger partial charge on any atom is -0.384 e. The molecule has 1 aromatic rings. The summed E-state index contributed by atoms with van der Waals surface area (Å²) in [6, 6.07) is 4.26. The average molecular weight is 232 g/mol. The molecule has 1 saturated heterocycles. The van der Waals surface area contributed by atoms with Crippen LogP contribution in [0.1, 0.15) is 32.3 Å². The minimum absolute atomic E-state index is 0.106. The van der Waals surface area contributed by atoms with Crippen LogP contribution >= 0.6 is 0 Å². The predicted octanol–water partition coefficient (Wildman–Crippen LogP) is 1.99. The van der Waals surface area contributed by atoms with E-state index in [1.165, 1.54) is 12.8 Å². The van der Waals surface area contributed by atoms with Crippen molar-refractivity contribution in [1.82, 2.24) is 4.98 Å². The molecule has 0 aromatic carbocycles. The number of nitrogens with zero attached hydrogens (tertiary/aromatic N) is 2. The topological polar surface area (TPSA) is 66.0 Å². The van der Waals surface area contributed by atoms with Gasteiger partial charge in [-0.15, -0.1) is 0 Å². The van der Waals surface area contributed by atoms with Crippen molar-refractivity contribution >= 4 is 11.7 Å². The number of nitrogens with one attached hydrogen (secondary N) is 1. The first-order valence-electron chi connectivity index (χ1n) is 6.16. The number of nitrogens with two attached hydrogens (primary N) is 1. The van der Waals surface area contributed by atoms with E-state index in [-0.39, 0.29) is 5.84 Å². The van der Waals surface area contributed by atoms with Gasteiger partial charge in [0.25, 0.3) is 0 Å². The summed E-state index contributed by atoms with van der Waals surface area (Å²) in [5.74, 6) is 1.68. The monoisotopic (exact) mass is 232 g/mol. The molecule has 0 saturated carbocycles. The van der Waals surface area contributed by atoms with Crippen molar-refractivity contribution in [2.45, 2.75) is 32.7 Å². The lowest BCUT2D eigenvalue weighted by Gasteiger charge is -2.28. The Hall–Kier alpha value is -1.58. The number of hydrogen-bond acceptors (Lipinski definition) is 3. The summed E-state index contributed by atoms with van der Waals surface area (Å²) in [6.07, 6.45) is 4.18. The smallest absolute Gasteiger partial charge is 0.129 e. The lowest BCUT2D eigenvalue weighted by molar-refractivity contribution is 0.489. The summed E-state index contributed by atoms with van der Waals surface area (Å²) in [4.78, 5) is 6.75. The van der Waals surface area contributed by atoms with Crippen LogP contribution in [0.3, 0.4) is 0 Å². The molecule has 0 spiro atoms. The van der Waals surface area contributed by atoms with E-state index in [0.29, 0.717) is 12.0 Å². The van der Waals surface area contributed by atoms with Gasteiger partial charge in [0.2, 0.25) is 0 Å². The van der Waals surface area contributed by atoms with E-state index in [9.17, 15) is 0 Å². The van der Waals surface area contributed by atoms with Gasteiger partial charge in [0.05, 0.1) is 0 Å². The molecule has 1 aliphatic heterocycles. The minimum atomic E-state index is 0.106. The van der Waals surface area contributed by atoms with Crippen LogP contribution in [0.25, 0.3) is 0 Å². The van der Waals surface area contributed by atoms with E-state index in [2.05, 4.69) is 23.7 Å². The lowest BCUT2D eigenvalue weighted by Crippen LogP contribution is -2.34.